The predicted octanol–water partition coefficient (Wildman–Crippen LogP) is 3.71. The largest absolute Gasteiger partial charge is 0.290 e. The summed E-state index contributed by atoms with van der Waals surface area (Å²) in [6.45, 7) is 7.30. The number of rotatable bonds is 3. The summed E-state index contributed by atoms with van der Waals surface area (Å²) < 4.78 is 0. The van der Waals surface area contributed by atoms with E-state index in [0.717, 1.165) is 5.25 Å². The van der Waals surface area contributed by atoms with Crippen molar-refractivity contribution in [2.24, 2.45) is 4.99 Å². The second kappa shape index (κ2) is 4.01. The summed E-state index contributed by atoms with van der Waals surface area (Å²) in [4.78, 5) is 4.87. The van der Waals surface area contributed by atoms with E-state index in [1.807, 2.05) is 0 Å². The molecule has 1 atom stereocenters. The van der Waals surface area contributed by atoms with Crippen molar-refractivity contribution in [3.05, 3.63) is 0 Å². The van der Waals surface area contributed by atoms with Crippen molar-refractivity contribution in [1.82, 2.24) is 0 Å². The van der Waals surface area contributed by atoms with Crippen molar-refractivity contribution in [2.75, 3.05) is 0 Å². The van der Waals surface area contributed by atoms with E-state index in [2.05, 4.69) is 30.9 Å². The predicted molar refractivity (Wildman–Crippen MR) is 69.0 cm³/mol. The molecule has 0 aromatic rings. The normalized spacial score (nSPS) is 31.4. The molecule has 0 bridgehead atoms. The molecule has 1 unspecified atom stereocenters. The molecule has 2 fully saturated rings. The summed E-state index contributed by atoms with van der Waals surface area (Å²) >= 11 is 2.22. The Hall–Kier alpha value is 0.237. The molecule has 0 heterocycles. The molecular formula is C11H21NSSi. The summed E-state index contributed by atoms with van der Waals surface area (Å²) in [5, 5.41) is 0.822. The zero-order chi connectivity index (χ0) is 10.2. The fraction of sp³-hybridized carbons (Fsp3) is 0.909. The molecule has 0 aromatic carbocycles. The van der Waals surface area contributed by atoms with Crippen LogP contribution in [-0.4, -0.2) is 24.2 Å². The van der Waals surface area contributed by atoms with Crippen molar-refractivity contribution in [3.8, 4) is 0 Å². The lowest BCUT2D eigenvalue weighted by atomic mass is 10.3. The molecule has 14 heavy (non-hydrogen) atoms. The topological polar surface area (TPSA) is 12.4 Å². The highest BCUT2D eigenvalue weighted by Crippen LogP contribution is 2.39. The van der Waals surface area contributed by atoms with Gasteiger partial charge in [0.15, 0.2) is 0 Å². The molecule has 2 rings (SSSR count). The lowest BCUT2D eigenvalue weighted by Crippen LogP contribution is -2.15. The maximum Gasteiger partial charge on any atom is 0.109 e. The Morgan fingerprint density at radius 3 is 2.43 bits per heavy atom. The van der Waals surface area contributed by atoms with Crippen LogP contribution in [0.15, 0.2) is 4.99 Å². The lowest BCUT2D eigenvalue weighted by Gasteiger charge is -2.13. The van der Waals surface area contributed by atoms with Crippen molar-refractivity contribution in [3.63, 3.8) is 0 Å². The SMILES string of the molecule is C[Si](C)(C)SC1CC1=NC1CCCC1. The highest BCUT2D eigenvalue weighted by molar-refractivity contribution is 8.29. The Kier molecular flexibility index (Phi) is 3.08. The zero-order valence-electron chi connectivity index (χ0n) is 9.55. The van der Waals surface area contributed by atoms with E-state index in [1.165, 1.54) is 37.8 Å². The van der Waals surface area contributed by atoms with Gasteiger partial charge in [0.05, 0.1) is 0 Å². The van der Waals surface area contributed by atoms with E-state index in [4.69, 9.17) is 4.99 Å². The first-order chi connectivity index (χ1) is 6.54. The fourth-order valence-corrected chi connectivity index (χ4v) is 6.59. The summed E-state index contributed by atoms with van der Waals surface area (Å²) in [5.41, 5.74) is 1.53. The van der Waals surface area contributed by atoms with Gasteiger partial charge in [0, 0.05) is 23.4 Å². The Labute approximate surface area is 92.4 Å². The summed E-state index contributed by atoms with van der Waals surface area (Å²) in [6.07, 6.45) is 6.83. The average molecular weight is 227 g/mol. The lowest BCUT2D eigenvalue weighted by molar-refractivity contribution is 0.709. The Morgan fingerprint density at radius 1 is 1.21 bits per heavy atom. The molecule has 0 N–H and O–H groups in total. The van der Waals surface area contributed by atoms with E-state index >= 15 is 0 Å². The Bertz CT molecular complexity index is 238. The van der Waals surface area contributed by atoms with Crippen molar-refractivity contribution in [2.45, 2.75) is 63.0 Å². The van der Waals surface area contributed by atoms with Crippen molar-refractivity contribution in [1.29, 1.82) is 0 Å². The van der Waals surface area contributed by atoms with Gasteiger partial charge in [0.25, 0.3) is 0 Å². The van der Waals surface area contributed by atoms with Gasteiger partial charge in [-0.3, -0.25) is 4.99 Å². The molecule has 0 saturated heterocycles. The van der Waals surface area contributed by atoms with Crippen LogP contribution in [0.5, 0.6) is 0 Å². The molecule has 80 valence electrons. The van der Waals surface area contributed by atoms with E-state index in [-0.39, 0.29) is 0 Å². The van der Waals surface area contributed by atoms with E-state index in [1.54, 1.807) is 0 Å². The smallest absolute Gasteiger partial charge is 0.109 e. The molecular weight excluding hydrogens is 206 g/mol. The minimum Gasteiger partial charge on any atom is -0.290 e. The van der Waals surface area contributed by atoms with Crippen molar-refractivity contribution >= 4 is 24.1 Å². The monoisotopic (exact) mass is 227 g/mol. The van der Waals surface area contributed by atoms with Gasteiger partial charge in [-0.15, -0.1) is 0 Å². The van der Waals surface area contributed by atoms with Gasteiger partial charge in [-0.05, 0) is 12.8 Å². The molecule has 1 nitrogen and oxygen atoms in total. The molecule has 0 radical (unpaired) electrons. The van der Waals surface area contributed by atoms with Gasteiger partial charge in [-0.25, -0.2) is 0 Å². The van der Waals surface area contributed by atoms with Gasteiger partial charge in [0.2, 0.25) is 0 Å². The molecule has 3 heteroatoms. The highest BCUT2D eigenvalue weighted by Gasteiger charge is 2.37. The highest BCUT2D eigenvalue weighted by atomic mass is 32.4. The first kappa shape index (κ1) is 10.7. The number of aliphatic imine (C=N–C) groups is 1. The Morgan fingerprint density at radius 2 is 1.86 bits per heavy atom. The summed E-state index contributed by atoms with van der Waals surface area (Å²) in [7, 11) is -0.920. The van der Waals surface area contributed by atoms with E-state index < -0.39 is 7.22 Å². The number of hydrogen-bond acceptors (Lipinski definition) is 2. The third-order valence-electron chi connectivity index (χ3n) is 2.77. The van der Waals surface area contributed by atoms with Crippen LogP contribution in [0.25, 0.3) is 0 Å². The van der Waals surface area contributed by atoms with Crippen LogP contribution in [-0.2, 0) is 0 Å². The van der Waals surface area contributed by atoms with Crippen LogP contribution in [0, 0.1) is 0 Å². The first-order valence-electron chi connectivity index (χ1n) is 5.79. The minimum absolute atomic E-state index is 0.706. The van der Waals surface area contributed by atoms with Gasteiger partial charge in [-0.1, -0.05) is 32.5 Å². The molecule has 0 amide bonds. The maximum absolute atomic E-state index is 4.87. The molecule has 0 aliphatic heterocycles. The third-order valence-corrected chi connectivity index (χ3v) is 7.18. The van der Waals surface area contributed by atoms with E-state index in [9.17, 15) is 0 Å². The summed E-state index contributed by atoms with van der Waals surface area (Å²) in [6, 6.07) is 0.706. The number of hydrogen-bond donors (Lipinski definition) is 0. The molecule has 2 aliphatic carbocycles. The third kappa shape index (κ3) is 3.12. The van der Waals surface area contributed by atoms with Crippen LogP contribution in [0.1, 0.15) is 32.1 Å². The molecule has 0 aromatic heterocycles. The van der Waals surface area contributed by atoms with Crippen LogP contribution in [0.3, 0.4) is 0 Å². The molecule has 0 spiro atoms. The fourth-order valence-electron chi connectivity index (χ4n) is 2.07. The van der Waals surface area contributed by atoms with Gasteiger partial charge in [-0.2, -0.15) is 11.2 Å². The van der Waals surface area contributed by atoms with Crippen LogP contribution in [0.4, 0.5) is 0 Å². The standard InChI is InChI=1S/C11H21NSSi/c1-14(2,3)13-11-8-10(11)12-9-6-4-5-7-9/h9,11H,4-8H2,1-3H3. The average Bonchev–Trinajstić information content (AvgIpc) is 2.60. The molecule has 2 aliphatic rings. The van der Waals surface area contributed by atoms with Gasteiger partial charge < -0.3 is 0 Å². The Balaban J connectivity index is 1.80. The quantitative estimate of drug-likeness (QED) is 0.670. The van der Waals surface area contributed by atoms with Crippen LogP contribution < -0.4 is 0 Å². The zero-order valence-corrected chi connectivity index (χ0v) is 11.4. The second-order valence-corrected chi connectivity index (χ2v) is 14.9. The maximum atomic E-state index is 4.87. The number of nitrogens with zero attached hydrogens (tertiary/aromatic N) is 1. The second-order valence-electron chi connectivity index (χ2n) is 5.48. The van der Waals surface area contributed by atoms with Crippen LogP contribution in [0.2, 0.25) is 19.6 Å². The minimum atomic E-state index is -0.920. The van der Waals surface area contributed by atoms with E-state index in [0.29, 0.717) is 6.04 Å². The summed E-state index contributed by atoms with van der Waals surface area (Å²) in [5.74, 6) is 0. The van der Waals surface area contributed by atoms with Gasteiger partial charge >= 0.3 is 0 Å². The first-order valence-corrected chi connectivity index (χ1v) is 10.9. The van der Waals surface area contributed by atoms with Gasteiger partial charge in [0.1, 0.15) is 7.22 Å². The van der Waals surface area contributed by atoms with Crippen molar-refractivity contribution < 1.29 is 0 Å². The van der Waals surface area contributed by atoms with Crippen LogP contribution >= 0.6 is 11.2 Å². The molecule has 2 saturated carbocycles.